The SMILES string of the molecule is CCCCCCCC/C=C\C/C=C\CCC(=O)OC(COC(=O)CCCCCCC/C=C\C=C/CCCCCCCCC)COC(=O)CCCCCCCCCCCC. The fourth-order valence-electron chi connectivity index (χ4n) is 7.02. The van der Waals surface area contributed by atoms with Crippen LogP contribution in [0.2, 0.25) is 0 Å². The maximum atomic E-state index is 12.7. The summed E-state index contributed by atoms with van der Waals surface area (Å²) in [7, 11) is 0. The van der Waals surface area contributed by atoms with Crippen molar-refractivity contribution >= 4 is 17.9 Å². The lowest BCUT2D eigenvalue weighted by Crippen LogP contribution is -2.30. The van der Waals surface area contributed by atoms with Crippen molar-refractivity contribution in [3.8, 4) is 0 Å². The largest absolute Gasteiger partial charge is 0.462 e. The minimum absolute atomic E-state index is 0.0989. The monoisotopic (exact) mass is 827 g/mol. The van der Waals surface area contributed by atoms with Crippen LogP contribution in [0.25, 0.3) is 0 Å². The molecule has 1 atom stereocenters. The van der Waals surface area contributed by atoms with Gasteiger partial charge in [-0.25, -0.2) is 0 Å². The topological polar surface area (TPSA) is 78.9 Å². The molecule has 59 heavy (non-hydrogen) atoms. The van der Waals surface area contributed by atoms with E-state index in [-0.39, 0.29) is 37.5 Å². The van der Waals surface area contributed by atoms with Gasteiger partial charge in [-0.1, -0.05) is 217 Å². The minimum Gasteiger partial charge on any atom is -0.462 e. The molecule has 0 amide bonds. The van der Waals surface area contributed by atoms with Crippen LogP contribution in [-0.2, 0) is 28.6 Å². The maximum absolute atomic E-state index is 12.7. The van der Waals surface area contributed by atoms with Crippen molar-refractivity contribution < 1.29 is 28.6 Å². The predicted molar refractivity (Wildman–Crippen MR) is 252 cm³/mol. The van der Waals surface area contributed by atoms with Gasteiger partial charge in [-0.05, 0) is 64.2 Å². The Morgan fingerprint density at radius 1 is 0.356 bits per heavy atom. The third-order valence-electron chi connectivity index (χ3n) is 10.8. The highest BCUT2D eigenvalue weighted by Crippen LogP contribution is 2.14. The molecule has 1 unspecified atom stereocenters. The van der Waals surface area contributed by atoms with E-state index in [1.54, 1.807) is 0 Å². The smallest absolute Gasteiger partial charge is 0.306 e. The predicted octanol–water partition coefficient (Wildman–Crippen LogP) is 16.3. The third kappa shape index (κ3) is 46.3. The van der Waals surface area contributed by atoms with Crippen LogP contribution in [0.1, 0.15) is 252 Å². The Hall–Kier alpha value is -2.63. The lowest BCUT2D eigenvalue weighted by Gasteiger charge is -2.18. The van der Waals surface area contributed by atoms with Crippen LogP contribution in [0.3, 0.4) is 0 Å². The van der Waals surface area contributed by atoms with Crippen LogP contribution in [0.4, 0.5) is 0 Å². The molecule has 0 saturated carbocycles. The van der Waals surface area contributed by atoms with Crippen molar-refractivity contribution in [2.45, 2.75) is 258 Å². The van der Waals surface area contributed by atoms with Gasteiger partial charge in [0, 0.05) is 19.3 Å². The molecule has 0 spiro atoms. The van der Waals surface area contributed by atoms with E-state index >= 15 is 0 Å². The molecule has 0 aromatic heterocycles. The normalized spacial score (nSPS) is 12.4. The highest BCUT2D eigenvalue weighted by Gasteiger charge is 2.19. The van der Waals surface area contributed by atoms with Crippen LogP contribution < -0.4 is 0 Å². The van der Waals surface area contributed by atoms with Crippen molar-refractivity contribution in [3.05, 3.63) is 48.6 Å². The Morgan fingerprint density at radius 2 is 0.695 bits per heavy atom. The van der Waals surface area contributed by atoms with E-state index in [2.05, 4.69) is 63.3 Å². The van der Waals surface area contributed by atoms with Crippen LogP contribution in [0.15, 0.2) is 48.6 Å². The summed E-state index contributed by atoms with van der Waals surface area (Å²) in [6.07, 6.45) is 56.8. The van der Waals surface area contributed by atoms with Gasteiger partial charge in [0.1, 0.15) is 13.2 Å². The maximum Gasteiger partial charge on any atom is 0.306 e. The van der Waals surface area contributed by atoms with Gasteiger partial charge in [-0.2, -0.15) is 0 Å². The molecule has 0 aliphatic rings. The van der Waals surface area contributed by atoms with Crippen molar-refractivity contribution in [3.63, 3.8) is 0 Å². The number of rotatable bonds is 45. The Bertz CT molecular complexity index is 1040. The summed E-state index contributed by atoms with van der Waals surface area (Å²) in [6.45, 7) is 6.55. The summed E-state index contributed by atoms with van der Waals surface area (Å²) < 4.78 is 16.7. The number of carbonyl (C=O) groups excluding carboxylic acids is 3. The van der Waals surface area contributed by atoms with Gasteiger partial charge in [0.05, 0.1) is 0 Å². The molecule has 342 valence electrons. The standard InChI is InChI=1S/C53H94O6/c1-4-7-10-13-16-19-22-24-25-26-27-28-30-31-34-37-40-43-46-52(55)58-49-50(48-57-51(54)45-42-39-36-33-21-18-15-12-9-6-3)59-53(56)47-44-41-38-35-32-29-23-20-17-14-11-8-5-2/h25-29,32,38,41,50H,4-24,30-31,33-37,39-40,42-49H2,1-3H3/b26-25-,28-27-,32-29-,41-38-. The van der Waals surface area contributed by atoms with Crippen molar-refractivity contribution in [2.24, 2.45) is 0 Å². The molecule has 0 rings (SSSR count). The summed E-state index contributed by atoms with van der Waals surface area (Å²) in [5.74, 6) is -0.981. The second-order valence-electron chi connectivity index (χ2n) is 16.8. The van der Waals surface area contributed by atoms with Crippen molar-refractivity contribution in [1.29, 1.82) is 0 Å². The van der Waals surface area contributed by atoms with Crippen LogP contribution in [0.5, 0.6) is 0 Å². The van der Waals surface area contributed by atoms with E-state index in [9.17, 15) is 14.4 Å². The highest BCUT2D eigenvalue weighted by molar-refractivity contribution is 5.71. The number of esters is 3. The Balaban J connectivity index is 4.41. The molecule has 0 aliphatic carbocycles. The van der Waals surface area contributed by atoms with Gasteiger partial charge in [0.25, 0.3) is 0 Å². The summed E-state index contributed by atoms with van der Waals surface area (Å²) in [6, 6.07) is 0. The van der Waals surface area contributed by atoms with Gasteiger partial charge in [0.15, 0.2) is 6.10 Å². The van der Waals surface area contributed by atoms with Gasteiger partial charge in [0.2, 0.25) is 0 Å². The quantitative estimate of drug-likeness (QED) is 0.0200. The average molecular weight is 827 g/mol. The molecular formula is C53H94O6. The number of ether oxygens (including phenoxy) is 3. The van der Waals surface area contributed by atoms with E-state index in [0.29, 0.717) is 19.3 Å². The molecule has 0 aromatic rings. The third-order valence-corrected chi connectivity index (χ3v) is 10.8. The summed E-state index contributed by atoms with van der Waals surface area (Å²) >= 11 is 0. The Labute approximate surface area is 365 Å². The zero-order valence-corrected chi connectivity index (χ0v) is 39.0. The van der Waals surface area contributed by atoms with Gasteiger partial charge in [-0.15, -0.1) is 0 Å². The van der Waals surface area contributed by atoms with Crippen molar-refractivity contribution in [1.82, 2.24) is 0 Å². The minimum atomic E-state index is -0.805. The molecule has 0 saturated heterocycles. The first-order chi connectivity index (χ1) is 29.0. The van der Waals surface area contributed by atoms with E-state index in [4.69, 9.17) is 14.2 Å². The van der Waals surface area contributed by atoms with Crippen LogP contribution in [-0.4, -0.2) is 37.2 Å². The Morgan fingerprint density at radius 3 is 1.10 bits per heavy atom. The molecule has 6 nitrogen and oxygen atoms in total. The first-order valence-electron chi connectivity index (χ1n) is 25.2. The summed E-state index contributed by atoms with van der Waals surface area (Å²) in [5.41, 5.74) is 0. The lowest BCUT2D eigenvalue weighted by molar-refractivity contribution is -0.166. The zero-order valence-electron chi connectivity index (χ0n) is 39.0. The summed E-state index contributed by atoms with van der Waals surface area (Å²) in [5, 5.41) is 0. The van der Waals surface area contributed by atoms with Gasteiger partial charge >= 0.3 is 17.9 Å². The Kier molecular flexibility index (Phi) is 45.9. The van der Waals surface area contributed by atoms with E-state index in [1.807, 2.05) is 6.08 Å². The number of hydrogen-bond donors (Lipinski definition) is 0. The fourth-order valence-corrected chi connectivity index (χ4v) is 7.02. The average Bonchev–Trinajstić information content (AvgIpc) is 3.23. The van der Waals surface area contributed by atoms with Crippen LogP contribution in [0, 0.1) is 0 Å². The lowest BCUT2D eigenvalue weighted by atomic mass is 10.1. The van der Waals surface area contributed by atoms with E-state index < -0.39 is 6.10 Å². The van der Waals surface area contributed by atoms with Crippen molar-refractivity contribution in [2.75, 3.05) is 13.2 Å². The molecular weight excluding hydrogens is 733 g/mol. The van der Waals surface area contributed by atoms with Gasteiger partial charge < -0.3 is 14.2 Å². The second-order valence-corrected chi connectivity index (χ2v) is 16.8. The molecule has 0 aliphatic heterocycles. The zero-order chi connectivity index (χ0) is 43.0. The number of allylic oxidation sites excluding steroid dienone is 8. The van der Waals surface area contributed by atoms with Gasteiger partial charge in [-0.3, -0.25) is 14.4 Å². The number of carbonyl (C=O) groups is 3. The molecule has 0 fully saturated rings. The molecule has 0 N–H and O–H groups in total. The molecule has 0 bridgehead atoms. The first-order valence-corrected chi connectivity index (χ1v) is 25.2. The number of hydrogen-bond acceptors (Lipinski definition) is 6. The highest BCUT2D eigenvalue weighted by atomic mass is 16.6. The van der Waals surface area contributed by atoms with E-state index in [1.165, 1.54) is 135 Å². The molecule has 6 heteroatoms. The van der Waals surface area contributed by atoms with Crippen LogP contribution >= 0.6 is 0 Å². The fraction of sp³-hybridized carbons (Fsp3) is 0.792. The molecule has 0 heterocycles. The molecule has 0 radical (unpaired) electrons. The molecule has 0 aromatic carbocycles. The van der Waals surface area contributed by atoms with E-state index in [0.717, 1.165) is 70.6 Å². The first kappa shape index (κ1) is 56.4. The summed E-state index contributed by atoms with van der Waals surface area (Å²) in [4.78, 5) is 37.8. The number of unbranched alkanes of at least 4 members (excludes halogenated alkanes) is 27. The second kappa shape index (κ2) is 48.0.